The molecule has 5 rings (SSSR count). The summed E-state index contributed by atoms with van der Waals surface area (Å²) in [6, 6.07) is 12.8. The van der Waals surface area contributed by atoms with Gasteiger partial charge in [-0.15, -0.1) is 11.8 Å². The fourth-order valence-electron chi connectivity index (χ4n) is 5.07. The minimum atomic E-state index is -1.57. The topological polar surface area (TPSA) is 176 Å². The first-order valence-corrected chi connectivity index (χ1v) is 17.5. The fourth-order valence-corrected chi connectivity index (χ4v) is 6.91. The molecule has 2 aliphatic heterocycles. The number of esters is 2. The number of ether oxygens (including phenoxy) is 3. The molecule has 4 heterocycles. The van der Waals surface area contributed by atoms with Crippen LogP contribution in [-0.2, 0) is 46.6 Å². The third-order valence-electron chi connectivity index (χ3n) is 7.61. The van der Waals surface area contributed by atoms with Gasteiger partial charge in [0.15, 0.2) is 35.6 Å². The Balaban J connectivity index is 1.36. The number of nitrogens with zero attached hydrogens (tertiary/aromatic N) is 5. The lowest BCUT2D eigenvalue weighted by atomic mass is 9.89. The van der Waals surface area contributed by atoms with Crippen LogP contribution in [0.2, 0.25) is 0 Å². The number of hydrogen-bond donors (Lipinski definition) is 1. The summed E-state index contributed by atoms with van der Waals surface area (Å²) in [5.74, 6) is -2.14. The highest BCUT2D eigenvalue weighted by atomic mass is 32.2. The molecule has 264 valence electrons. The smallest absolute Gasteiger partial charge is 0.355 e. The summed E-state index contributed by atoms with van der Waals surface area (Å²) < 4.78 is 22.4. The van der Waals surface area contributed by atoms with Gasteiger partial charge in [0.1, 0.15) is 23.7 Å². The number of carbonyl (C=O) groups is 4. The first-order chi connectivity index (χ1) is 23.7. The van der Waals surface area contributed by atoms with Gasteiger partial charge in [-0.3, -0.25) is 14.5 Å². The number of β-lactam (4-membered cyclic amide) rings is 1. The first kappa shape index (κ1) is 36.5. The molecule has 1 amide bonds. The van der Waals surface area contributed by atoms with E-state index >= 15 is 0 Å². The van der Waals surface area contributed by atoms with Crippen LogP contribution in [-0.4, -0.2) is 73.0 Å². The van der Waals surface area contributed by atoms with Gasteiger partial charge in [0.05, 0.1) is 18.4 Å². The number of ketones is 1. The van der Waals surface area contributed by atoms with E-state index in [1.807, 2.05) is 35.2 Å². The number of carbonyl (C=O) groups excluding carboxylic acids is 4. The molecule has 0 saturated carbocycles. The molecule has 2 aromatic heterocycles. The largest absolute Gasteiger partial charge is 0.497 e. The maximum atomic E-state index is 13.8. The van der Waals surface area contributed by atoms with Gasteiger partial charge in [0.2, 0.25) is 17.3 Å². The number of hydrogen-bond acceptors (Lipinski definition) is 14. The van der Waals surface area contributed by atoms with Crippen molar-refractivity contribution in [1.82, 2.24) is 14.3 Å². The van der Waals surface area contributed by atoms with Gasteiger partial charge in [-0.1, -0.05) is 23.4 Å². The van der Waals surface area contributed by atoms with Crippen LogP contribution in [0.15, 0.2) is 71.3 Å². The van der Waals surface area contributed by atoms with Crippen molar-refractivity contribution in [2.45, 2.75) is 70.8 Å². The van der Waals surface area contributed by atoms with E-state index in [0.717, 1.165) is 17.1 Å². The van der Waals surface area contributed by atoms with Gasteiger partial charge >= 0.3 is 11.9 Å². The van der Waals surface area contributed by atoms with Crippen LogP contribution in [0, 0.1) is 5.92 Å². The normalized spacial score (nSPS) is 17.8. The quantitative estimate of drug-likeness (QED) is 0.0895. The number of methoxy groups -OCH3 is 1. The Labute approximate surface area is 297 Å². The van der Waals surface area contributed by atoms with Crippen molar-refractivity contribution in [2.75, 3.05) is 18.6 Å². The van der Waals surface area contributed by atoms with E-state index in [1.54, 1.807) is 52.1 Å². The lowest BCUT2D eigenvalue weighted by Crippen LogP contribution is -2.62. The lowest BCUT2D eigenvalue weighted by molar-refractivity contribution is -0.689. The summed E-state index contributed by atoms with van der Waals surface area (Å²) >= 11 is 2.31. The van der Waals surface area contributed by atoms with Crippen molar-refractivity contribution in [2.24, 2.45) is 11.1 Å². The van der Waals surface area contributed by atoms with Gasteiger partial charge in [0.25, 0.3) is 0 Å². The zero-order valence-electron chi connectivity index (χ0n) is 28.6. The van der Waals surface area contributed by atoms with Crippen molar-refractivity contribution in [3.63, 3.8) is 0 Å². The van der Waals surface area contributed by atoms with Gasteiger partial charge in [0, 0.05) is 41.4 Å². The Morgan fingerprint density at radius 1 is 1.08 bits per heavy atom. The first-order valence-electron chi connectivity index (χ1n) is 15.7. The molecule has 1 saturated heterocycles. The van der Waals surface area contributed by atoms with Gasteiger partial charge in [-0.05, 0) is 52.3 Å². The van der Waals surface area contributed by atoms with E-state index in [9.17, 15) is 19.2 Å². The highest BCUT2D eigenvalue weighted by molar-refractivity contribution is 8.00. The molecule has 2 aliphatic rings. The highest BCUT2D eigenvalue weighted by Gasteiger charge is 2.55. The van der Waals surface area contributed by atoms with Crippen LogP contribution < -0.4 is 15.0 Å². The van der Waals surface area contributed by atoms with Crippen LogP contribution in [0.1, 0.15) is 52.4 Å². The Kier molecular flexibility index (Phi) is 10.9. The summed E-state index contributed by atoms with van der Waals surface area (Å²) in [6.45, 7) is 8.40. The minimum Gasteiger partial charge on any atom is -0.497 e. The maximum absolute atomic E-state index is 13.8. The SMILES string of the molecule is COc1ccc(COC(=O)C2=C(C[n+]3ccccc3)CS[C@@H]3[C@H](CC(=O)/C(=N\OC(C)(C)C(=O)OC(C)(C)C)c4nsc(N)n4)C(=O)N23)cc1. The number of amides is 1. The van der Waals surface area contributed by atoms with Gasteiger partial charge < -0.3 is 24.8 Å². The van der Waals surface area contributed by atoms with Crippen molar-refractivity contribution >= 4 is 57.8 Å². The number of Topliss-reactive ketones (excluding diaryl/α,β-unsaturated/α-hetero) is 1. The van der Waals surface area contributed by atoms with Crippen LogP contribution >= 0.6 is 23.3 Å². The number of pyridine rings is 1. The predicted molar refractivity (Wildman–Crippen MR) is 185 cm³/mol. The van der Waals surface area contributed by atoms with E-state index < -0.39 is 46.1 Å². The summed E-state index contributed by atoms with van der Waals surface area (Å²) in [7, 11) is 1.57. The van der Waals surface area contributed by atoms with Gasteiger partial charge in [-0.2, -0.15) is 9.36 Å². The highest BCUT2D eigenvalue weighted by Crippen LogP contribution is 2.45. The number of thioether (sulfide) groups is 1. The molecule has 0 unspecified atom stereocenters. The number of oxime groups is 1. The summed E-state index contributed by atoms with van der Waals surface area (Å²) in [5.41, 5.74) is 4.77. The molecule has 14 nitrogen and oxygen atoms in total. The molecule has 0 spiro atoms. The van der Waals surface area contributed by atoms with Crippen molar-refractivity contribution in [3.8, 4) is 5.75 Å². The van der Waals surface area contributed by atoms with Crippen LogP contribution in [0.4, 0.5) is 5.13 Å². The van der Waals surface area contributed by atoms with Crippen LogP contribution in [0.25, 0.3) is 0 Å². The average molecular weight is 724 g/mol. The molecule has 0 aliphatic carbocycles. The second-order valence-electron chi connectivity index (χ2n) is 13.1. The number of rotatable bonds is 13. The number of aromatic nitrogens is 3. The third kappa shape index (κ3) is 8.48. The van der Waals surface area contributed by atoms with Crippen molar-refractivity contribution < 1.29 is 42.8 Å². The second-order valence-corrected chi connectivity index (χ2v) is 15.0. The lowest BCUT2D eigenvalue weighted by Gasteiger charge is -2.49. The Morgan fingerprint density at radius 2 is 1.78 bits per heavy atom. The Morgan fingerprint density at radius 3 is 2.40 bits per heavy atom. The van der Waals surface area contributed by atoms with Crippen LogP contribution in [0.3, 0.4) is 0 Å². The van der Waals surface area contributed by atoms with Crippen molar-refractivity contribution in [3.05, 3.63) is 77.5 Å². The monoisotopic (exact) mass is 723 g/mol. The van der Waals surface area contributed by atoms with E-state index in [-0.39, 0.29) is 35.4 Å². The van der Waals surface area contributed by atoms with E-state index in [1.165, 1.54) is 30.5 Å². The van der Waals surface area contributed by atoms with Gasteiger partial charge in [-0.25, -0.2) is 14.2 Å². The predicted octanol–water partition coefficient (Wildman–Crippen LogP) is 3.45. The fraction of sp³-hybridized carbons (Fsp3) is 0.412. The summed E-state index contributed by atoms with van der Waals surface area (Å²) in [6.07, 6.45) is 3.46. The number of nitrogens with two attached hydrogens (primary N) is 1. The molecular weight excluding hydrogens is 685 g/mol. The molecule has 0 bridgehead atoms. The minimum absolute atomic E-state index is 0.0108. The summed E-state index contributed by atoms with van der Waals surface area (Å²) in [4.78, 5) is 65.1. The molecule has 0 radical (unpaired) electrons. The number of anilines is 1. The maximum Gasteiger partial charge on any atom is 0.355 e. The molecular formula is C34H39N6O8S2+. The van der Waals surface area contributed by atoms with Crippen LogP contribution in [0.5, 0.6) is 5.75 Å². The van der Waals surface area contributed by atoms with E-state index in [2.05, 4.69) is 14.5 Å². The number of fused-ring (bicyclic) bond motifs is 1. The molecule has 16 heteroatoms. The Hall–Kier alpha value is -4.83. The van der Waals surface area contributed by atoms with E-state index in [4.69, 9.17) is 24.8 Å². The molecule has 50 heavy (non-hydrogen) atoms. The standard InChI is InChI=1S/C34H39N6O8S2/c1-33(2,3)47-31(44)34(4,5)48-37-25(27-36-32(35)50-38-27)24(41)16-23-28(42)40-26(30(43)46-18-20-10-12-22(45-6)13-11-20)21(19-49-29(23)40)17-39-14-8-7-9-15-39/h7-15,23,29H,16-19H2,1-6H3,(H2,35,36,38)/q+1/b37-25+/t23-,29-/m1/s1. The van der Waals surface area contributed by atoms with Crippen molar-refractivity contribution in [1.29, 1.82) is 0 Å². The Bertz CT molecular complexity index is 1820. The molecule has 3 aromatic rings. The molecule has 2 atom stereocenters. The molecule has 1 aromatic carbocycles. The number of benzene rings is 1. The molecule has 2 N–H and O–H groups in total. The zero-order chi connectivity index (χ0) is 36.2. The average Bonchev–Trinajstić information content (AvgIpc) is 3.51. The second kappa shape index (κ2) is 15.0. The molecule has 1 fully saturated rings. The summed E-state index contributed by atoms with van der Waals surface area (Å²) in [5, 5.41) is 3.57. The van der Waals surface area contributed by atoms with E-state index in [0.29, 0.717) is 23.6 Å². The third-order valence-corrected chi connectivity index (χ3v) is 9.55. The zero-order valence-corrected chi connectivity index (χ0v) is 30.2. The number of nitrogen functional groups attached to an aromatic ring is 1.